The summed E-state index contributed by atoms with van der Waals surface area (Å²) in [5, 5.41) is 1.13. The van der Waals surface area contributed by atoms with Crippen molar-refractivity contribution in [3.8, 4) is 0 Å². The molecule has 3 nitrogen and oxygen atoms in total. The van der Waals surface area contributed by atoms with E-state index in [1.807, 2.05) is 36.4 Å². The molecule has 0 unspecified atom stereocenters. The third kappa shape index (κ3) is 2.53. The van der Waals surface area contributed by atoms with Crippen molar-refractivity contribution in [3.63, 3.8) is 0 Å². The number of para-hydroxylation sites is 1. The standard InChI is InChI=1S/C15H15N3S/c1-18(12-8-6-11(16)7-9-12)10-15-17-13-4-2-3-5-14(13)19-15/h2-9H,10,16H2,1H3. The molecule has 2 aromatic carbocycles. The summed E-state index contributed by atoms with van der Waals surface area (Å²) in [6.07, 6.45) is 0. The van der Waals surface area contributed by atoms with Gasteiger partial charge in [-0.1, -0.05) is 12.1 Å². The number of fused-ring (bicyclic) bond motifs is 1. The van der Waals surface area contributed by atoms with Crippen molar-refractivity contribution in [2.45, 2.75) is 6.54 Å². The number of nitrogens with zero attached hydrogens (tertiary/aromatic N) is 2. The predicted octanol–water partition coefficient (Wildman–Crippen LogP) is 3.51. The number of thiazole rings is 1. The van der Waals surface area contributed by atoms with E-state index in [1.165, 1.54) is 4.70 Å². The monoisotopic (exact) mass is 269 g/mol. The van der Waals surface area contributed by atoms with Gasteiger partial charge in [0.05, 0.1) is 16.8 Å². The van der Waals surface area contributed by atoms with Crippen LogP contribution >= 0.6 is 11.3 Å². The van der Waals surface area contributed by atoms with E-state index in [-0.39, 0.29) is 0 Å². The Morgan fingerprint density at radius 2 is 1.84 bits per heavy atom. The Hall–Kier alpha value is -2.07. The van der Waals surface area contributed by atoms with Crippen LogP contribution < -0.4 is 10.6 Å². The van der Waals surface area contributed by atoms with Gasteiger partial charge in [0.1, 0.15) is 5.01 Å². The Morgan fingerprint density at radius 3 is 2.58 bits per heavy atom. The molecule has 0 saturated heterocycles. The number of benzene rings is 2. The number of hydrogen-bond donors (Lipinski definition) is 1. The van der Waals surface area contributed by atoms with Gasteiger partial charge in [-0.05, 0) is 36.4 Å². The van der Waals surface area contributed by atoms with Crippen LogP contribution in [0.1, 0.15) is 5.01 Å². The zero-order valence-electron chi connectivity index (χ0n) is 10.7. The molecule has 0 amide bonds. The minimum absolute atomic E-state index is 0.789. The zero-order valence-corrected chi connectivity index (χ0v) is 11.5. The summed E-state index contributed by atoms with van der Waals surface area (Å²) in [6.45, 7) is 0.809. The van der Waals surface area contributed by atoms with Crippen LogP contribution in [-0.2, 0) is 6.54 Å². The second-order valence-electron chi connectivity index (χ2n) is 4.52. The second kappa shape index (κ2) is 4.90. The lowest BCUT2D eigenvalue weighted by molar-refractivity contribution is 0.914. The molecule has 0 radical (unpaired) electrons. The molecular formula is C15H15N3S. The first-order valence-electron chi connectivity index (χ1n) is 6.13. The first-order chi connectivity index (χ1) is 9.22. The van der Waals surface area contributed by atoms with E-state index >= 15 is 0 Å². The summed E-state index contributed by atoms with van der Waals surface area (Å²) in [7, 11) is 2.07. The Labute approximate surface area is 116 Å². The van der Waals surface area contributed by atoms with E-state index in [1.54, 1.807) is 11.3 Å². The third-order valence-corrected chi connectivity index (χ3v) is 4.07. The van der Waals surface area contributed by atoms with Gasteiger partial charge in [0.15, 0.2) is 0 Å². The topological polar surface area (TPSA) is 42.2 Å². The lowest BCUT2D eigenvalue weighted by Gasteiger charge is -2.17. The molecule has 19 heavy (non-hydrogen) atoms. The van der Waals surface area contributed by atoms with Gasteiger partial charge >= 0.3 is 0 Å². The Balaban J connectivity index is 1.82. The van der Waals surface area contributed by atoms with E-state index in [4.69, 9.17) is 5.73 Å². The first-order valence-corrected chi connectivity index (χ1v) is 6.95. The second-order valence-corrected chi connectivity index (χ2v) is 5.64. The normalized spacial score (nSPS) is 10.8. The number of anilines is 2. The molecular weight excluding hydrogens is 254 g/mol. The molecule has 3 aromatic rings. The number of hydrogen-bond acceptors (Lipinski definition) is 4. The van der Waals surface area contributed by atoms with Crippen molar-refractivity contribution in [3.05, 3.63) is 53.5 Å². The molecule has 0 fully saturated rings. The molecule has 1 heterocycles. The number of nitrogens with two attached hydrogens (primary N) is 1. The predicted molar refractivity (Wildman–Crippen MR) is 82.6 cm³/mol. The Morgan fingerprint density at radius 1 is 1.11 bits per heavy atom. The molecule has 0 aliphatic carbocycles. The van der Waals surface area contributed by atoms with E-state index < -0.39 is 0 Å². The Kier molecular flexibility index (Phi) is 3.09. The molecule has 0 saturated carbocycles. The van der Waals surface area contributed by atoms with Gasteiger partial charge in [-0.25, -0.2) is 4.98 Å². The summed E-state index contributed by atoms with van der Waals surface area (Å²) in [4.78, 5) is 6.83. The molecule has 4 heteroatoms. The van der Waals surface area contributed by atoms with Crippen LogP contribution in [0.2, 0.25) is 0 Å². The number of aromatic nitrogens is 1. The lowest BCUT2D eigenvalue weighted by Crippen LogP contribution is -2.15. The number of rotatable bonds is 3. The number of nitrogen functional groups attached to an aromatic ring is 1. The van der Waals surface area contributed by atoms with Crippen molar-refractivity contribution < 1.29 is 0 Å². The SMILES string of the molecule is CN(Cc1nc2ccccc2s1)c1ccc(N)cc1. The Bertz CT molecular complexity index is 655. The zero-order chi connectivity index (χ0) is 13.2. The van der Waals surface area contributed by atoms with E-state index in [0.717, 1.165) is 28.4 Å². The fourth-order valence-electron chi connectivity index (χ4n) is 2.01. The van der Waals surface area contributed by atoms with Crippen LogP contribution in [0.25, 0.3) is 10.2 Å². The highest BCUT2D eigenvalue weighted by Gasteiger charge is 2.07. The minimum Gasteiger partial charge on any atom is -0.399 e. The molecule has 0 aliphatic rings. The third-order valence-electron chi connectivity index (χ3n) is 3.04. The van der Waals surface area contributed by atoms with Gasteiger partial charge in [0, 0.05) is 18.4 Å². The largest absolute Gasteiger partial charge is 0.399 e. The summed E-state index contributed by atoms with van der Waals surface area (Å²) in [5.41, 5.74) is 8.71. The molecule has 1 aromatic heterocycles. The van der Waals surface area contributed by atoms with E-state index in [0.29, 0.717) is 0 Å². The van der Waals surface area contributed by atoms with Crippen LogP contribution in [0.4, 0.5) is 11.4 Å². The molecule has 0 atom stereocenters. The van der Waals surface area contributed by atoms with Gasteiger partial charge in [0.2, 0.25) is 0 Å². The van der Waals surface area contributed by atoms with Gasteiger partial charge < -0.3 is 10.6 Å². The minimum atomic E-state index is 0.789. The van der Waals surface area contributed by atoms with Crippen LogP contribution in [0, 0.1) is 0 Å². The molecule has 0 aliphatic heterocycles. The van der Waals surface area contributed by atoms with Crippen molar-refractivity contribution in [2.24, 2.45) is 0 Å². The average Bonchev–Trinajstić information content (AvgIpc) is 2.81. The van der Waals surface area contributed by atoms with Gasteiger partial charge in [-0.15, -0.1) is 11.3 Å². The van der Waals surface area contributed by atoms with Gasteiger partial charge in [-0.3, -0.25) is 0 Å². The van der Waals surface area contributed by atoms with E-state index in [2.05, 4.69) is 29.1 Å². The molecule has 96 valence electrons. The maximum atomic E-state index is 5.70. The van der Waals surface area contributed by atoms with Crippen molar-refractivity contribution in [1.29, 1.82) is 0 Å². The molecule has 0 bridgehead atoms. The highest BCUT2D eigenvalue weighted by molar-refractivity contribution is 7.18. The van der Waals surface area contributed by atoms with Gasteiger partial charge in [0.25, 0.3) is 0 Å². The summed E-state index contributed by atoms with van der Waals surface area (Å²) < 4.78 is 1.24. The van der Waals surface area contributed by atoms with Gasteiger partial charge in [-0.2, -0.15) is 0 Å². The van der Waals surface area contributed by atoms with Crippen molar-refractivity contribution >= 4 is 32.9 Å². The fourth-order valence-corrected chi connectivity index (χ4v) is 3.03. The maximum absolute atomic E-state index is 5.70. The molecule has 3 rings (SSSR count). The summed E-state index contributed by atoms with van der Waals surface area (Å²) in [5.74, 6) is 0. The summed E-state index contributed by atoms with van der Waals surface area (Å²) in [6, 6.07) is 16.1. The fraction of sp³-hybridized carbons (Fsp3) is 0.133. The molecule has 2 N–H and O–H groups in total. The molecule has 0 spiro atoms. The maximum Gasteiger partial charge on any atom is 0.113 e. The first kappa shape index (κ1) is 12.0. The summed E-state index contributed by atoms with van der Waals surface area (Å²) >= 11 is 1.75. The highest BCUT2D eigenvalue weighted by Crippen LogP contribution is 2.24. The van der Waals surface area contributed by atoms with Crippen molar-refractivity contribution in [1.82, 2.24) is 4.98 Å². The van der Waals surface area contributed by atoms with Crippen molar-refractivity contribution in [2.75, 3.05) is 17.7 Å². The van der Waals surface area contributed by atoms with Crippen LogP contribution in [0.5, 0.6) is 0 Å². The van der Waals surface area contributed by atoms with Crippen LogP contribution in [0.3, 0.4) is 0 Å². The quantitative estimate of drug-likeness (QED) is 0.740. The average molecular weight is 269 g/mol. The van der Waals surface area contributed by atoms with Crippen LogP contribution in [0.15, 0.2) is 48.5 Å². The highest BCUT2D eigenvalue weighted by atomic mass is 32.1. The lowest BCUT2D eigenvalue weighted by atomic mass is 10.2. The van der Waals surface area contributed by atoms with Crippen LogP contribution in [-0.4, -0.2) is 12.0 Å². The smallest absolute Gasteiger partial charge is 0.113 e. The van der Waals surface area contributed by atoms with E-state index in [9.17, 15) is 0 Å².